The predicted molar refractivity (Wildman–Crippen MR) is 122 cm³/mol. The lowest BCUT2D eigenvalue weighted by Gasteiger charge is -2.15. The molecule has 1 aromatic heterocycles. The maximum atomic E-state index is 13.2. The lowest BCUT2D eigenvalue weighted by molar-refractivity contribution is -0.121. The van der Waals surface area contributed by atoms with Crippen molar-refractivity contribution < 1.29 is 17.9 Å². The number of halogens is 1. The number of hydrogen-bond donors (Lipinski definition) is 1. The van der Waals surface area contributed by atoms with E-state index in [1.165, 1.54) is 35.9 Å². The van der Waals surface area contributed by atoms with Gasteiger partial charge in [0.2, 0.25) is 15.7 Å². The Morgan fingerprint density at radius 1 is 1.06 bits per heavy atom. The van der Waals surface area contributed by atoms with Gasteiger partial charge in [0.25, 0.3) is 5.56 Å². The molecule has 3 rings (SSSR count). The maximum absolute atomic E-state index is 13.2. The van der Waals surface area contributed by atoms with Gasteiger partial charge in [0.15, 0.2) is 0 Å². The van der Waals surface area contributed by atoms with E-state index in [0.29, 0.717) is 22.0 Å². The Bertz CT molecular complexity index is 1300. The molecule has 9 heteroatoms. The van der Waals surface area contributed by atoms with Crippen LogP contribution >= 0.6 is 11.6 Å². The minimum Gasteiger partial charge on any atom is -0.497 e. The van der Waals surface area contributed by atoms with Crippen LogP contribution in [0.3, 0.4) is 0 Å². The predicted octanol–water partition coefficient (Wildman–Crippen LogP) is 3.28. The third kappa shape index (κ3) is 5.03. The number of amides is 1. The first kappa shape index (κ1) is 23.6. The quantitative estimate of drug-likeness (QED) is 0.567. The molecule has 168 valence electrons. The van der Waals surface area contributed by atoms with E-state index in [1.807, 2.05) is 0 Å². The monoisotopic (exact) mass is 474 g/mol. The Hall–Kier alpha value is -3.10. The first-order valence-corrected chi connectivity index (χ1v) is 11.6. The van der Waals surface area contributed by atoms with E-state index in [-0.39, 0.29) is 22.9 Å². The van der Waals surface area contributed by atoms with Gasteiger partial charge in [-0.15, -0.1) is 0 Å². The zero-order chi connectivity index (χ0) is 23.5. The molecule has 1 heterocycles. The number of pyridine rings is 1. The second-order valence-electron chi connectivity index (χ2n) is 7.27. The normalized spacial score (nSPS) is 11.2. The molecule has 0 atom stereocenters. The van der Waals surface area contributed by atoms with Gasteiger partial charge in [-0.2, -0.15) is 0 Å². The van der Waals surface area contributed by atoms with E-state index >= 15 is 0 Å². The molecule has 3 aromatic rings. The van der Waals surface area contributed by atoms with Crippen molar-refractivity contribution in [2.75, 3.05) is 7.11 Å². The number of sulfone groups is 1. The van der Waals surface area contributed by atoms with Gasteiger partial charge in [-0.1, -0.05) is 23.7 Å². The van der Waals surface area contributed by atoms with Crippen molar-refractivity contribution in [3.8, 4) is 5.75 Å². The molecule has 0 spiro atoms. The summed E-state index contributed by atoms with van der Waals surface area (Å²) in [6, 6.07) is 14.4. The number of ether oxygens (including phenoxy) is 1. The average molecular weight is 475 g/mol. The molecule has 0 saturated carbocycles. The Morgan fingerprint density at radius 3 is 2.28 bits per heavy atom. The molecule has 1 N–H and O–H groups in total. The fourth-order valence-corrected chi connectivity index (χ4v) is 4.99. The smallest absolute Gasteiger partial charge is 0.270 e. The zero-order valence-corrected chi connectivity index (χ0v) is 19.5. The molecule has 0 bridgehead atoms. The SMILES string of the molecule is COc1ccc(S(=O)(=O)c2c(C)cc(C)n(CC(=O)NCc3ccc(Cl)cc3)c2=O)cc1. The van der Waals surface area contributed by atoms with Crippen molar-refractivity contribution in [2.45, 2.75) is 36.7 Å². The molecule has 0 aliphatic carbocycles. The molecule has 0 radical (unpaired) electrons. The van der Waals surface area contributed by atoms with Gasteiger partial charge in [-0.25, -0.2) is 8.42 Å². The number of nitrogens with zero attached hydrogens (tertiary/aromatic N) is 1. The highest BCUT2D eigenvalue weighted by Gasteiger charge is 2.26. The Morgan fingerprint density at radius 2 is 1.69 bits per heavy atom. The van der Waals surface area contributed by atoms with Gasteiger partial charge in [-0.3, -0.25) is 9.59 Å². The van der Waals surface area contributed by atoms with Crippen LogP contribution in [0.4, 0.5) is 0 Å². The van der Waals surface area contributed by atoms with Gasteiger partial charge in [0.05, 0.1) is 12.0 Å². The van der Waals surface area contributed by atoms with Crippen LogP contribution in [-0.2, 0) is 27.7 Å². The molecule has 2 aromatic carbocycles. The number of nitrogens with one attached hydrogen (secondary N) is 1. The molecule has 0 unspecified atom stereocenters. The zero-order valence-electron chi connectivity index (χ0n) is 17.9. The highest BCUT2D eigenvalue weighted by atomic mass is 35.5. The number of aryl methyl sites for hydroxylation is 2. The molecule has 1 amide bonds. The number of aromatic nitrogens is 1. The van der Waals surface area contributed by atoms with Gasteiger partial charge >= 0.3 is 0 Å². The number of hydrogen-bond acceptors (Lipinski definition) is 5. The number of carbonyl (C=O) groups is 1. The third-order valence-electron chi connectivity index (χ3n) is 4.99. The largest absolute Gasteiger partial charge is 0.497 e. The van der Waals surface area contributed by atoms with E-state index in [2.05, 4.69) is 5.32 Å². The van der Waals surface area contributed by atoms with Crippen LogP contribution in [0.5, 0.6) is 5.75 Å². The Labute approximate surface area is 191 Å². The van der Waals surface area contributed by atoms with Crippen LogP contribution in [0.15, 0.2) is 69.2 Å². The van der Waals surface area contributed by atoms with Crippen molar-refractivity contribution in [3.63, 3.8) is 0 Å². The molecule has 7 nitrogen and oxygen atoms in total. The van der Waals surface area contributed by atoms with Gasteiger partial charge in [-0.05, 0) is 67.4 Å². The molecule has 0 aliphatic heterocycles. The first-order valence-electron chi connectivity index (χ1n) is 9.75. The Balaban J connectivity index is 1.89. The third-order valence-corrected chi connectivity index (χ3v) is 7.17. The summed E-state index contributed by atoms with van der Waals surface area (Å²) >= 11 is 5.86. The molecule has 0 saturated heterocycles. The highest BCUT2D eigenvalue weighted by molar-refractivity contribution is 7.91. The van der Waals surface area contributed by atoms with E-state index in [0.717, 1.165) is 5.56 Å². The summed E-state index contributed by atoms with van der Waals surface area (Å²) < 4.78 is 32.6. The van der Waals surface area contributed by atoms with Crippen molar-refractivity contribution >= 4 is 27.3 Å². The van der Waals surface area contributed by atoms with Crippen LogP contribution < -0.4 is 15.6 Å². The van der Waals surface area contributed by atoms with E-state index in [1.54, 1.807) is 44.2 Å². The molecule has 32 heavy (non-hydrogen) atoms. The molecule has 0 fully saturated rings. The summed E-state index contributed by atoms with van der Waals surface area (Å²) in [5.41, 5.74) is 0.919. The van der Waals surface area contributed by atoms with Crippen LogP contribution in [-0.4, -0.2) is 26.0 Å². The van der Waals surface area contributed by atoms with Crippen LogP contribution in [0, 0.1) is 13.8 Å². The fourth-order valence-electron chi connectivity index (χ4n) is 3.31. The fraction of sp³-hybridized carbons (Fsp3) is 0.217. The minimum absolute atomic E-state index is 0.0268. The lowest BCUT2D eigenvalue weighted by atomic mass is 10.2. The number of carbonyl (C=O) groups excluding carboxylic acids is 1. The van der Waals surface area contributed by atoms with Gasteiger partial charge < -0.3 is 14.6 Å². The summed E-state index contributed by atoms with van der Waals surface area (Å²) in [6.07, 6.45) is 0. The van der Waals surface area contributed by atoms with Gasteiger partial charge in [0, 0.05) is 17.3 Å². The van der Waals surface area contributed by atoms with Crippen LogP contribution in [0.2, 0.25) is 5.02 Å². The van der Waals surface area contributed by atoms with Gasteiger partial charge in [0.1, 0.15) is 17.2 Å². The summed E-state index contributed by atoms with van der Waals surface area (Å²) in [5.74, 6) is 0.0844. The highest BCUT2D eigenvalue weighted by Crippen LogP contribution is 2.23. The molecular weight excluding hydrogens is 452 g/mol. The standard InChI is InChI=1S/C23H23ClN2O5S/c1-15-12-16(2)26(14-21(27)25-13-17-4-6-18(24)7-5-17)23(28)22(15)32(29,30)20-10-8-19(31-3)9-11-20/h4-12H,13-14H2,1-3H3,(H,25,27). The van der Waals surface area contributed by atoms with Crippen molar-refractivity contribution in [1.29, 1.82) is 0 Å². The van der Waals surface area contributed by atoms with Crippen LogP contribution in [0.25, 0.3) is 0 Å². The lowest BCUT2D eigenvalue weighted by Crippen LogP contribution is -2.35. The second kappa shape index (κ2) is 9.58. The summed E-state index contributed by atoms with van der Waals surface area (Å²) in [6.45, 7) is 3.18. The number of methoxy groups -OCH3 is 1. The summed E-state index contributed by atoms with van der Waals surface area (Å²) in [5, 5.41) is 3.32. The Kier molecular flexibility index (Phi) is 7.06. The first-order chi connectivity index (χ1) is 15.1. The van der Waals surface area contributed by atoms with E-state index in [4.69, 9.17) is 16.3 Å². The van der Waals surface area contributed by atoms with E-state index < -0.39 is 21.3 Å². The summed E-state index contributed by atoms with van der Waals surface area (Å²) in [7, 11) is -2.62. The topological polar surface area (TPSA) is 94.5 Å². The maximum Gasteiger partial charge on any atom is 0.270 e. The number of benzene rings is 2. The van der Waals surface area contributed by atoms with Crippen LogP contribution in [0.1, 0.15) is 16.8 Å². The molecule has 0 aliphatic rings. The van der Waals surface area contributed by atoms with E-state index in [9.17, 15) is 18.0 Å². The van der Waals surface area contributed by atoms with Crippen molar-refractivity contribution in [2.24, 2.45) is 0 Å². The number of rotatable bonds is 7. The second-order valence-corrected chi connectivity index (χ2v) is 9.59. The average Bonchev–Trinajstić information content (AvgIpc) is 2.76. The summed E-state index contributed by atoms with van der Waals surface area (Å²) in [4.78, 5) is 25.3. The van der Waals surface area contributed by atoms with Crippen molar-refractivity contribution in [1.82, 2.24) is 9.88 Å². The molecular formula is C23H23ClN2O5S. The van der Waals surface area contributed by atoms with Crippen molar-refractivity contribution in [3.05, 3.63) is 86.8 Å². The minimum atomic E-state index is -4.09.